The molecule has 6 heteroatoms. The molecule has 0 saturated heterocycles. The van der Waals surface area contributed by atoms with E-state index in [1.54, 1.807) is 24.1 Å². The number of nitrogens with zero attached hydrogens (tertiary/aromatic N) is 1. The van der Waals surface area contributed by atoms with Crippen LogP contribution in [-0.4, -0.2) is 36.7 Å². The monoisotopic (exact) mass is 344 g/mol. The molecule has 1 rings (SSSR count). The third kappa shape index (κ3) is 7.18. The minimum Gasteiger partial charge on any atom is -0.444 e. The van der Waals surface area contributed by atoms with Crippen molar-refractivity contribution in [3.63, 3.8) is 0 Å². The molecule has 0 aromatic heterocycles. The van der Waals surface area contributed by atoms with Gasteiger partial charge in [0.05, 0.1) is 5.02 Å². The quantitative estimate of drug-likeness (QED) is 0.845. The lowest BCUT2D eigenvalue weighted by atomic mass is 10.1. The molecule has 1 aromatic carbocycles. The summed E-state index contributed by atoms with van der Waals surface area (Å²) in [4.78, 5) is 13.4. The van der Waals surface area contributed by atoms with Crippen molar-refractivity contribution in [1.82, 2.24) is 10.2 Å². The molecular weight excluding hydrogens is 319 g/mol. The fourth-order valence-corrected chi connectivity index (χ4v) is 2.28. The Bertz CT molecular complexity index is 532. The van der Waals surface area contributed by atoms with E-state index >= 15 is 0 Å². The molecule has 0 radical (unpaired) electrons. The second-order valence-electron chi connectivity index (χ2n) is 6.81. The van der Waals surface area contributed by atoms with Crippen LogP contribution in [0, 0.1) is 11.7 Å². The van der Waals surface area contributed by atoms with Crippen molar-refractivity contribution in [3.8, 4) is 0 Å². The molecule has 0 spiro atoms. The predicted molar refractivity (Wildman–Crippen MR) is 91.1 cm³/mol. The van der Waals surface area contributed by atoms with Crippen LogP contribution in [-0.2, 0) is 11.3 Å². The molecule has 0 saturated carbocycles. The van der Waals surface area contributed by atoms with Gasteiger partial charge < -0.3 is 15.0 Å². The van der Waals surface area contributed by atoms with Crippen molar-refractivity contribution in [2.24, 2.45) is 5.92 Å². The topological polar surface area (TPSA) is 41.6 Å². The second-order valence-corrected chi connectivity index (χ2v) is 7.22. The van der Waals surface area contributed by atoms with E-state index in [1.807, 2.05) is 27.7 Å². The van der Waals surface area contributed by atoms with Gasteiger partial charge in [0.2, 0.25) is 0 Å². The number of carbonyl (C=O) groups excluding carboxylic acids is 1. The Morgan fingerprint density at radius 2 is 2.09 bits per heavy atom. The van der Waals surface area contributed by atoms with Crippen LogP contribution in [0.3, 0.4) is 0 Å². The molecule has 0 heterocycles. The normalized spacial score (nSPS) is 12.8. The number of carbonyl (C=O) groups is 1. The van der Waals surface area contributed by atoms with E-state index < -0.39 is 5.60 Å². The van der Waals surface area contributed by atoms with E-state index in [0.29, 0.717) is 25.2 Å². The summed E-state index contributed by atoms with van der Waals surface area (Å²) in [5.41, 5.74) is 0.0295. The fourth-order valence-electron chi connectivity index (χ4n) is 2.08. The molecule has 1 amide bonds. The van der Waals surface area contributed by atoms with Gasteiger partial charge in [0.1, 0.15) is 11.4 Å². The molecule has 0 aliphatic rings. The van der Waals surface area contributed by atoms with E-state index in [0.717, 1.165) is 0 Å². The van der Waals surface area contributed by atoms with Gasteiger partial charge in [0, 0.05) is 25.7 Å². The number of hydrogen-bond acceptors (Lipinski definition) is 3. The van der Waals surface area contributed by atoms with Crippen LogP contribution in [0.25, 0.3) is 0 Å². The summed E-state index contributed by atoms with van der Waals surface area (Å²) < 4.78 is 19.1. The van der Waals surface area contributed by atoms with Crippen LogP contribution < -0.4 is 5.32 Å². The van der Waals surface area contributed by atoms with Crippen LogP contribution >= 0.6 is 11.6 Å². The minimum atomic E-state index is -0.503. The maximum atomic E-state index is 13.8. The Morgan fingerprint density at radius 1 is 1.43 bits per heavy atom. The van der Waals surface area contributed by atoms with Crippen LogP contribution in [0.15, 0.2) is 18.2 Å². The SMILES string of the molecule is CC(CNCc1cccc(Cl)c1F)CN(C)C(=O)OC(C)(C)C. The highest BCUT2D eigenvalue weighted by Gasteiger charge is 2.20. The maximum Gasteiger partial charge on any atom is 0.410 e. The molecule has 1 N–H and O–H groups in total. The molecule has 4 nitrogen and oxygen atoms in total. The molecule has 0 aliphatic carbocycles. The molecular formula is C17H26ClFN2O2. The van der Waals surface area contributed by atoms with E-state index in [-0.39, 0.29) is 22.9 Å². The first-order valence-corrected chi connectivity index (χ1v) is 8.05. The summed E-state index contributed by atoms with van der Waals surface area (Å²) in [5.74, 6) is -0.185. The van der Waals surface area contributed by atoms with Gasteiger partial charge in [0.25, 0.3) is 0 Å². The first-order valence-electron chi connectivity index (χ1n) is 7.68. The van der Waals surface area contributed by atoms with E-state index in [2.05, 4.69) is 5.32 Å². The third-order valence-electron chi connectivity index (χ3n) is 3.13. The summed E-state index contributed by atoms with van der Waals surface area (Å²) in [7, 11) is 1.71. The molecule has 0 fully saturated rings. The lowest BCUT2D eigenvalue weighted by Gasteiger charge is -2.26. The summed E-state index contributed by atoms with van der Waals surface area (Å²) >= 11 is 5.75. The van der Waals surface area contributed by atoms with Gasteiger partial charge in [-0.15, -0.1) is 0 Å². The summed E-state index contributed by atoms with van der Waals surface area (Å²) in [6.45, 7) is 9.13. The van der Waals surface area contributed by atoms with Crippen LogP contribution in [0.4, 0.5) is 9.18 Å². The number of benzene rings is 1. The van der Waals surface area contributed by atoms with Crippen LogP contribution in [0.5, 0.6) is 0 Å². The first kappa shape index (κ1) is 19.7. The largest absolute Gasteiger partial charge is 0.444 e. The Balaban J connectivity index is 2.38. The maximum absolute atomic E-state index is 13.8. The molecule has 1 atom stereocenters. The third-order valence-corrected chi connectivity index (χ3v) is 3.42. The Morgan fingerprint density at radius 3 is 2.70 bits per heavy atom. The molecule has 130 valence electrons. The highest BCUT2D eigenvalue weighted by molar-refractivity contribution is 6.30. The van der Waals surface area contributed by atoms with E-state index in [9.17, 15) is 9.18 Å². The molecule has 0 bridgehead atoms. The van der Waals surface area contributed by atoms with Crippen molar-refractivity contribution in [1.29, 1.82) is 0 Å². The number of halogens is 2. The zero-order chi connectivity index (χ0) is 17.6. The molecule has 23 heavy (non-hydrogen) atoms. The standard InChI is InChI=1S/C17H26ClFN2O2/c1-12(11-21(5)16(22)23-17(2,3)4)9-20-10-13-7-6-8-14(18)15(13)19/h6-8,12,20H,9-11H2,1-5H3. The van der Waals surface area contributed by atoms with Crippen molar-refractivity contribution in [2.45, 2.75) is 39.8 Å². The average molecular weight is 345 g/mol. The van der Waals surface area contributed by atoms with Gasteiger partial charge in [-0.1, -0.05) is 30.7 Å². The summed E-state index contributed by atoms with van der Waals surface area (Å²) in [6.07, 6.45) is -0.342. The number of hydrogen-bond donors (Lipinski definition) is 1. The Hall–Kier alpha value is -1.33. The van der Waals surface area contributed by atoms with Crippen molar-refractivity contribution in [3.05, 3.63) is 34.6 Å². The van der Waals surface area contributed by atoms with Gasteiger partial charge in [-0.2, -0.15) is 0 Å². The van der Waals surface area contributed by atoms with Crippen LogP contribution in [0.1, 0.15) is 33.3 Å². The summed E-state index contributed by atoms with van der Waals surface area (Å²) in [6, 6.07) is 4.95. The number of ether oxygens (including phenoxy) is 1. The molecule has 1 unspecified atom stereocenters. The highest BCUT2D eigenvalue weighted by atomic mass is 35.5. The van der Waals surface area contributed by atoms with Crippen LogP contribution in [0.2, 0.25) is 5.02 Å². The van der Waals surface area contributed by atoms with Crippen molar-refractivity contribution >= 4 is 17.7 Å². The minimum absolute atomic E-state index is 0.127. The van der Waals surface area contributed by atoms with Gasteiger partial charge in [-0.3, -0.25) is 0 Å². The smallest absolute Gasteiger partial charge is 0.410 e. The highest BCUT2D eigenvalue weighted by Crippen LogP contribution is 2.17. The number of nitrogens with one attached hydrogen (secondary N) is 1. The lowest BCUT2D eigenvalue weighted by Crippen LogP contribution is -2.38. The fraction of sp³-hybridized carbons (Fsp3) is 0.588. The first-order chi connectivity index (χ1) is 10.6. The zero-order valence-corrected chi connectivity index (χ0v) is 15.2. The molecule has 1 aromatic rings. The van der Waals surface area contributed by atoms with Crippen molar-refractivity contribution < 1.29 is 13.9 Å². The Labute approximate surface area is 142 Å². The van der Waals surface area contributed by atoms with Gasteiger partial charge in [0.15, 0.2) is 0 Å². The number of rotatable bonds is 6. The van der Waals surface area contributed by atoms with E-state index in [4.69, 9.17) is 16.3 Å². The van der Waals surface area contributed by atoms with Gasteiger partial charge >= 0.3 is 6.09 Å². The summed E-state index contributed by atoms with van der Waals surface area (Å²) in [5, 5.41) is 3.31. The average Bonchev–Trinajstić information content (AvgIpc) is 2.41. The lowest BCUT2D eigenvalue weighted by molar-refractivity contribution is 0.0277. The predicted octanol–water partition coefficient (Wildman–Crippen LogP) is 4.07. The second kappa shape index (κ2) is 8.50. The zero-order valence-electron chi connectivity index (χ0n) is 14.5. The van der Waals surface area contributed by atoms with E-state index in [1.165, 1.54) is 6.07 Å². The van der Waals surface area contributed by atoms with Gasteiger partial charge in [-0.25, -0.2) is 9.18 Å². The number of amides is 1. The Kier molecular flexibility index (Phi) is 7.29. The molecule has 0 aliphatic heterocycles. The van der Waals surface area contributed by atoms with Gasteiger partial charge in [-0.05, 0) is 39.3 Å². The van der Waals surface area contributed by atoms with Crippen molar-refractivity contribution in [2.75, 3.05) is 20.1 Å².